The number of aliphatic carboxylic acids is 1. The van der Waals surface area contributed by atoms with Crippen LogP contribution in [0.4, 0.5) is 0 Å². The monoisotopic (exact) mass is 201 g/mol. The normalized spacial score (nSPS) is 14.5. The fraction of sp³-hybridized carbons (Fsp3) is 0.800. The summed E-state index contributed by atoms with van der Waals surface area (Å²) in [5.74, 6) is -0.858. The van der Waals surface area contributed by atoms with Crippen LogP contribution in [0, 0.1) is 5.92 Å². The molecule has 0 aliphatic heterocycles. The van der Waals surface area contributed by atoms with Crippen LogP contribution < -0.4 is 5.32 Å². The van der Waals surface area contributed by atoms with E-state index < -0.39 is 12.0 Å². The van der Waals surface area contributed by atoms with Crippen LogP contribution >= 0.6 is 0 Å². The summed E-state index contributed by atoms with van der Waals surface area (Å²) >= 11 is 0. The number of carboxylic acid groups (broad SMARTS) is 1. The summed E-state index contributed by atoms with van der Waals surface area (Å²) in [5, 5.41) is 11.0. The van der Waals surface area contributed by atoms with Gasteiger partial charge in [0, 0.05) is 6.42 Å². The molecule has 0 spiro atoms. The molecule has 0 rings (SSSR count). The van der Waals surface area contributed by atoms with Gasteiger partial charge in [-0.2, -0.15) is 0 Å². The van der Waals surface area contributed by atoms with Gasteiger partial charge in [-0.15, -0.1) is 0 Å². The van der Waals surface area contributed by atoms with E-state index in [0.29, 0.717) is 12.3 Å². The Labute approximate surface area is 84.7 Å². The summed E-state index contributed by atoms with van der Waals surface area (Å²) < 4.78 is 0. The molecule has 0 aliphatic carbocycles. The minimum Gasteiger partial charge on any atom is -0.480 e. The van der Waals surface area contributed by atoms with Gasteiger partial charge in [0.05, 0.1) is 0 Å². The zero-order valence-electron chi connectivity index (χ0n) is 9.04. The maximum atomic E-state index is 11.3. The van der Waals surface area contributed by atoms with Crippen molar-refractivity contribution in [1.82, 2.24) is 5.32 Å². The lowest BCUT2D eigenvalue weighted by Gasteiger charge is -2.12. The Balaban J connectivity index is 3.80. The standard InChI is InChI=1S/C10H19NO3/c1-4-5-7(2)6-9(12)11-8(3)10(13)14/h7-8H,4-6H2,1-3H3,(H,11,12)(H,13,14)/t7?,8-/m0/s1. The predicted molar refractivity (Wildman–Crippen MR) is 53.9 cm³/mol. The Hall–Kier alpha value is -1.06. The van der Waals surface area contributed by atoms with E-state index in [-0.39, 0.29) is 5.91 Å². The highest BCUT2D eigenvalue weighted by Gasteiger charge is 2.15. The number of hydrogen-bond donors (Lipinski definition) is 2. The van der Waals surface area contributed by atoms with Crippen LogP contribution in [-0.4, -0.2) is 23.0 Å². The molecule has 4 nitrogen and oxygen atoms in total. The highest BCUT2D eigenvalue weighted by atomic mass is 16.4. The number of carbonyl (C=O) groups is 2. The molecule has 2 atom stereocenters. The molecule has 0 aromatic rings. The van der Waals surface area contributed by atoms with E-state index in [0.717, 1.165) is 12.8 Å². The smallest absolute Gasteiger partial charge is 0.325 e. The number of rotatable bonds is 6. The molecule has 1 unspecified atom stereocenters. The van der Waals surface area contributed by atoms with Crippen molar-refractivity contribution in [3.8, 4) is 0 Å². The van der Waals surface area contributed by atoms with Gasteiger partial charge in [-0.3, -0.25) is 9.59 Å². The average molecular weight is 201 g/mol. The van der Waals surface area contributed by atoms with Gasteiger partial charge in [0.2, 0.25) is 5.91 Å². The molecule has 2 N–H and O–H groups in total. The first-order valence-electron chi connectivity index (χ1n) is 4.99. The molecule has 0 saturated carbocycles. The van der Waals surface area contributed by atoms with Crippen molar-refractivity contribution in [2.45, 2.75) is 46.1 Å². The van der Waals surface area contributed by atoms with Crippen molar-refractivity contribution in [1.29, 1.82) is 0 Å². The van der Waals surface area contributed by atoms with Gasteiger partial charge >= 0.3 is 5.97 Å². The summed E-state index contributed by atoms with van der Waals surface area (Å²) in [6.45, 7) is 5.52. The molecule has 0 bridgehead atoms. The third-order valence-electron chi connectivity index (χ3n) is 2.06. The van der Waals surface area contributed by atoms with Crippen LogP contribution in [0.1, 0.15) is 40.0 Å². The quantitative estimate of drug-likeness (QED) is 0.682. The van der Waals surface area contributed by atoms with Crippen molar-refractivity contribution in [3.05, 3.63) is 0 Å². The molecule has 0 saturated heterocycles. The zero-order chi connectivity index (χ0) is 11.1. The fourth-order valence-electron chi connectivity index (χ4n) is 1.27. The van der Waals surface area contributed by atoms with E-state index in [2.05, 4.69) is 12.2 Å². The van der Waals surface area contributed by atoms with E-state index in [4.69, 9.17) is 5.11 Å². The lowest BCUT2D eigenvalue weighted by atomic mass is 10.0. The van der Waals surface area contributed by atoms with Crippen LogP contribution in [0.15, 0.2) is 0 Å². The van der Waals surface area contributed by atoms with Gasteiger partial charge in [0.25, 0.3) is 0 Å². The zero-order valence-corrected chi connectivity index (χ0v) is 9.04. The topological polar surface area (TPSA) is 66.4 Å². The molecule has 82 valence electrons. The third-order valence-corrected chi connectivity index (χ3v) is 2.06. The molecule has 14 heavy (non-hydrogen) atoms. The van der Waals surface area contributed by atoms with E-state index in [9.17, 15) is 9.59 Å². The first kappa shape index (κ1) is 12.9. The summed E-state index contributed by atoms with van der Waals surface area (Å²) in [7, 11) is 0. The Morgan fingerprint density at radius 3 is 2.36 bits per heavy atom. The molecule has 0 heterocycles. The van der Waals surface area contributed by atoms with Crippen molar-refractivity contribution in [2.75, 3.05) is 0 Å². The summed E-state index contributed by atoms with van der Waals surface area (Å²) in [5.41, 5.74) is 0. The van der Waals surface area contributed by atoms with E-state index in [1.54, 1.807) is 0 Å². The number of carbonyl (C=O) groups excluding carboxylic acids is 1. The Bertz CT molecular complexity index is 204. The second kappa shape index (κ2) is 6.40. The Kier molecular flexibility index (Phi) is 5.92. The summed E-state index contributed by atoms with van der Waals surface area (Å²) in [4.78, 5) is 21.7. The van der Waals surface area contributed by atoms with Crippen molar-refractivity contribution >= 4 is 11.9 Å². The number of nitrogens with one attached hydrogen (secondary N) is 1. The van der Waals surface area contributed by atoms with Gasteiger partial charge in [-0.05, 0) is 12.8 Å². The minimum atomic E-state index is -0.999. The van der Waals surface area contributed by atoms with Crippen LogP contribution in [0.3, 0.4) is 0 Å². The highest BCUT2D eigenvalue weighted by Crippen LogP contribution is 2.09. The first-order chi connectivity index (χ1) is 6.47. The number of hydrogen-bond acceptors (Lipinski definition) is 2. The fourth-order valence-corrected chi connectivity index (χ4v) is 1.27. The second-order valence-electron chi connectivity index (χ2n) is 3.73. The van der Waals surface area contributed by atoms with Crippen molar-refractivity contribution in [2.24, 2.45) is 5.92 Å². The molecule has 4 heteroatoms. The first-order valence-corrected chi connectivity index (χ1v) is 4.99. The maximum absolute atomic E-state index is 11.3. The van der Waals surface area contributed by atoms with Crippen molar-refractivity contribution in [3.63, 3.8) is 0 Å². The highest BCUT2D eigenvalue weighted by molar-refractivity contribution is 5.83. The van der Waals surface area contributed by atoms with Gasteiger partial charge in [0.15, 0.2) is 0 Å². The van der Waals surface area contributed by atoms with Crippen LogP contribution in [-0.2, 0) is 9.59 Å². The van der Waals surface area contributed by atoms with Crippen molar-refractivity contribution < 1.29 is 14.7 Å². The number of amides is 1. The van der Waals surface area contributed by atoms with E-state index >= 15 is 0 Å². The molecular weight excluding hydrogens is 182 g/mol. The van der Waals surface area contributed by atoms with Gasteiger partial charge in [-0.1, -0.05) is 26.7 Å². The largest absolute Gasteiger partial charge is 0.480 e. The van der Waals surface area contributed by atoms with Gasteiger partial charge in [-0.25, -0.2) is 0 Å². The maximum Gasteiger partial charge on any atom is 0.325 e. The molecule has 0 radical (unpaired) electrons. The van der Waals surface area contributed by atoms with E-state index in [1.165, 1.54) is 6.92 Å². The Morgan fingerprint density at radius 1 is 1.36 bits per heavy atom. The predicted octanol–water partition coefficient (Wildman–Crippen LogP) is 1.40. The molecular formula is C10H19NO3. The Morgan fingerprint density at radius 2 is 1.93 bits per heavy atom. The van der Waals surface area contributed by atoms with Gasteiger partial charge in [0.1, 0.15) is 6.04 Å². The summed E-state index contributed by atoms with van der Waals surface area (Å²) in [6.07, 6.45) is 2.45. The van der Waals surface area contributed by atoms with E-state index in [1.807, 2.05) is 6.92 Å². The molecule has 0 aliphatic rings. The van der Waals surface area contributed by atoms with Crippen LogP contribution in [0.2, 0.25) is 0 Å². The lowest BCUT2D eigenvalue weighted by molar-refractivity contribution is -0.141. The van der Waals surface area contributed by atoms with Gasteiger partial charge < -0.3 is 10.4 Å². The van der Waals surface area contributed by atoms with Crippen LogP contribution in [0.25, 0.3) is 0 Å². The lowest BCUT2D eigenvalue weighted by Crippen LogP contribution is -2.38. The average Bonchev–Trinajstić information content (AvgIpc) is 2.03. The molecule has 0 aromatic heterocycles. The minimum absolute atomic E-state index is 0.180. The molecule has 0 fully saturated rings. The molecule has 0 aromatic carbocycles. The van der Waals surface area contributed by atoms with Crippen LogP contribution in [0.5, 0.6) is 0 Å². The second-order valence-corrected chi connectivity index (χ2v) is 3.73. The molecule has 1 amide bonds. The SMILES string of the molecule is CCCC(C)CC(=O)N[C@@H](C)C(=O)O. The third kappa shape index (κ3) is 5.56. The number of carboxylic acids is 1. The summed E-state index contributed by atoms with van der Waals surface area (Å²) in [6, 6.07) is -0.795.